The molecule has 0 aromatic carbocycles. The van der Waals surface area contributed by atoms with Crippen LogP contribution in [0.3, 0.4) is 0 Å². The lowest BCUT2D eigenvalue weighted by atomic mass is 9.44. The molecule has 4 fully saturated rings. The van der Waals surface area contributed by atoms with Gasteiger partial charge in [0.25, 0.3) is 0 Å². The minimum atomic E-state index is 0.207. The second kappa shape index (κ2) is 8.64. The number of hydrogen-bond acceptors (Lipinski definition) is 4. The average molecular weight is 431 g/mol. The molecule has 0 heterocycles. The van der Waals surface area contributed by atoms with Crippen molar-refractivity contribution in [3.05, 3.63) is 11.1 Å². The first-order valence-corrected chi connectivity index (χ1v) is 13.6. The standard InChI is InChI=1S/C26H42N2OS/c1-17-9-11-25(2)18(13-17)5-6-20-21-7-8-23(26(21,3)12-10-22(20)25)24(29)16-28-15-19(14-27)30-4/h14-15,17-18,20-23,27-28H,5-13,16H2,1-4H3/b19-15+,27-14?/t17-,18-,20-,21-,22-,23+,25-,26-/m0/s1. The van der Waals surface area contributed by atoms with E-state index in [1.54, 1.807) is 0 Å². The molecule has 0 bridgehead atoms. The molecule has 0 unspecified atom stereocenters. The second-order valence-electron chi connectivity index (χ2n) is 11.5. The molecule has 0 saturated heterocycles. The van der Waals surface area contributed by atoms with Crippen LogP contribution in [0.5, 0.6) is 0 Å². The molecule has 4 aliphatic carbocycles. The zero-order valence-electron chi connectivity index (χ0n) is 19.5. The minimum absolute atomic E-state index is 0.207. The molecule has 0 spiro atoms. The normalized spacial score (nSPS) is 45.8. The third kappa shape index (κ3) is 3.69. The van der Waals surface area contributed by atoms with Crippen molar-refractivity contribution in [2.75, 3.05) is 12.8 Å². The number of carbonyl (C=O) groups excluding carboxylic acids is 1. The predicted molar refractivity (Wildman–Crippen MR) is 128 cm³/mol. The van der Waals surface area contributed by atoms with E-state index in [4.69, 9.17) is 5.41 Å². The Morgan fingerprint density at radius 2 is 1.80 bits per heavy atom. The zero-order valence-corrected chi connectivity index (χ0v) is 20.3. The van der Waals surface area contributed by atoms with Gasteiger partial charge in [0.1, 0.15) is 0 Å². The summed E-state index contributed by atoms with van der Waals surface area (Å²) in [4.78, 5) is 14.1. The number of nitrogens with one attached hydrogen (secondary N) is 2. The van der Waals surface area contributed by atoms with Gasteiger partial charge in [0, 0.05) is 23.2 Å². The summed E-state index contributed by atoms with van der Waals surface area (Å²) in [7, 11) is 0. The van der Waals surface area contributed by atoms with Gasteiger partial charge in [0.15, 0.2) is 5.78 Å². The number of thioether (sulfide) groups is 1. The zero-order chi connectivity index (χ0) is 21.5. The fourth-order valence-electron chi connectivity index (χ4n) is 8.54. The molecule has 30 heavy (non-hydrogen) atoms. The fraction of sp³-hybridized carbons (Fsp3) is 0.846. The van der Waals surface area contributed by atoms with Crippen LogP contribution in [0.4, 0.5) is 0 Å². The first-order valence-electron chi connectivity index (χ1n) is 12.3. The molecule has 3 nitrogen and oxygen atoms in total. The van der Waals surface area contributed by atoms with Crippen molar-refractivity contribution in [3.63, 3.8) is 0 Å². The van der Waals surface area contributed by atoms with Crippen molar-refractivity contribution >= 4 is 23.8 Å². The molecular formula is C26H42N2OS. The highest BCUT2D eigenvalue weighted by molar-refractivity contribution is 8.03. The molecule has 8 atom stereocenters. The Morgan fingerprint density at radius 1 is 1.07 bits per heavy atom. The van der Waals surface area contributed by atoms with Gasteiger partial charge >= 0.3 is 0 Å². The molecule has 2 N–H and O–H groups in total. The van der Waals surface area contributed by atoms with Crippen LogP contribution < -0.4 is 5.32 Å². The maximum absolute atomic E-state index is 13.2. The van der Waals surface area contributed by atoms with Crippen molar-refractivity contribution in [1.82, 2.24) is 5.32 Å². The summed E-state index contributed by atoms with van der Waals surface area (Å²) in [6.45, 7) is 7.98. The summed E-state index contributed by atoms with van der Waals surface area (Å²) in [6, 6.07) is 0. The number of rotatable bonds is 6. The lowest BCUT2D eigenvalue weighted by molar-refractivity contribution is -0.135. The van der Waals surface area contributed by atoms with Gasteiger partial charge in [0.2, 0.25) is 0 Å². The van der Waals surface area contributed by atoms with Gasteiger partial charge in [-0.3, -0.25) is 4.79 Å². The Morgan fingerprint density at radius 3 is 2.53 bits per heavy atom. The predicted octanol–water partition coefficient (Wildman–Crippen LogP) is 6.29. The minimum Gasteiger partial charge on any atom is -0.383 e. The number of ketones is 1. The van der Waals surface area contributed by atoms with Crippen LogP contribution in [-0.2, 0) is 4.79 Å². The largest absolute Gasteiger partial charge is 0.383 e. The van der Waals surface area contributed by atoms with Crippen molar-refractivity contribution in [2.45, 2.75) is 78.6 Å². The average Bonchev–Trinajstić information content (AvgIpc) is 3.09. The Hall–Kier alpha value is -0.770. The van der Waals surface area contributed by atoms with E-state index in [-0.39, 0.29) is 11.3 Å². The Labute approximate surface area is 188 Å². The van der Waals surface area contributed by atoms with Gasteiger partial charge in [-0.25, -0.2) is 0 Å². The Kier molecular flexibility index (Phi) is 6.46. The molecule has 0 radical (unpaired) electrons. The van der Waals surface area contributed by atoms with Crippen molar-refractivity contribution in [2.24, 2.45) is 46.3 Å². The molecule has 0 amide bonds. The maximum Gasteiger partial charge on any atom is 0.155 e. The number of carbonyl (C=O) groups is 1. The summed E-state index contributed by atoms with van der Waals surface area (Å²) in [5, 5.41) is 10.6. The molecule has 0 aliphatic heterocycles. The summed E-state index contributed by atoms with van der Waals surface area (Å²) in [5.41, 5.74) is 0.769. The van der Waals surface area contributed by atoms with Gasteiger partial charge in [-0.05, 0) is 98.0 Å². The van der Waals surface area contributed by atoms with Gasteiger partial charge in [0.05, 0.1) is 6.54 Å². The molecule has 4 saturated carbocycles. The Bertz CT molecular complexity index is 705. The monoisotopic (exact) mass is 430 g/mol. The first kappa shape index (κ1) is 22.4. The van der Waals surface area contributed by atoms with Crippen LogP contribution >= 0.6 is 11.8 Å². The molecule has 168 valence electrons. The summed E-state index contributed by atoms with van der Waals surface area (Å²) >= 11 is 1.54. The first-order chi connectivity index (χ1) is 14.3. The van der Waals surface area contributed by atoms with E-state index in [0.717, 1.165) is 40.9 Å². The highest BCUT2D eigenvalue weighted by Gasteiger charge is 2.60. The molecule has 0 aromatic heterocycles. The number of hydrogen-bond donors (Lipinski definition) is 2. The molecule has 4 heteroatoms. The van der Waals surface area contributed by atoms with Crippen LogP contribution in [0.25, 0.3) is 0 Å². The van der Waals surface area contributed by atoms with Gasteiger partial charge in [-0.2, -0.15) is 0 Å². The van der Waals surface area contributed by atoms with Crippen molar-refractivity contribution in [3.8, 4) is 0 Å². The van der Waals surface area contributed by atoms with Crippen LogP contribution in [0.15, 0.2) is 11.1 Å². The van der Waals surface area contributed by atoms with E-state index < -0.39 is 0 Å². The lowest BCUT2D eigenvalue weighted by Gasteiger charge is -2.61. The smallest absolute Gasteiger partial charge is 0.155 e. The van der Waals surface area contributed by atoms with Gasteiger partial charge in [-0.1, -0.05) is 27.2 Å². The van der Waals surface area contributed by atoms with Crippen molar-refractivity contribution < 1.29 is 4.79 Å². The summed E-state index contributed by atoms with van der Waals surface area (Å²) < 4.78 is 0. The van der Waals surface area contributed by atoms with Crippen LogP contribution in [0.1, 0.15) is 78.6 Å². The molecule has 0 aromatic rings. The van der Waals surface area contributed by atoms with Crippen LogP contribution in [0, 0.1) is 51.7 Å². The van der Waals surface area contributed by atoms with Gasteiger partial charge < -0.3 is 10.7 Å². The quantitative estimate of drug-likeness (QED) is 0.487. The fourth-order valence-corrected chi connectivity index (χ4v) is 8.86. The van der Waals surface area contributed by atoms with Crippen molar-refractivity contribution in [1.29, 1.82) is 5.41 Å². The third-order valence-electron chi connectivity index (χ3n) is 10.2. The number of Topliss-reactive ketones (excluding diaryl/α,β-unsaturated/α-hetero) is 1. The van der Waals surface area contributed by atoms with E-state index in [0.29, 0.717) is 17.7 Å². The second-order valence-corrected chi connectivity index (χ2v) is 12.3. The molecule has 4 aliphatic rings. The van der Waals surface area contributed by atoms with E-state index >= 15 is 0 Å². The molecular weight excluding hydrogens is 388 g/mol. The molecule has 4 rings (SSSR count). The third-order valence-corrected chi connectivity index (χ3v) is 10.9. The van der Waals surface area contributed by atoms with E-state index in [1.165, 1.54) is 69.3 Å². The SMILES string of the molecule is CS/C(C=N)=C/NCC(=O)[C@H]1CC[C@H]2[C@@H]3CC[C@H]4C[C@@H](C)CC[C@]4(C)[C@H]3CC[C@]12C. The highest BCUT2D eigenvalue weighted by Crippen LogP contribution is 2.67. The van der Waals surface area contributed by atoms with E-state index in [9.17, 15) is 4.79 Å². The van der Waals surface area contributed by atoms with Crippen LogP contribution in [-0.4, -0.2) is 24.8 Å². The lowest BCUT2D eigenvalue weighted by Crippen LogP contribution is -2.54. The highest BCUT2D eigenvalue weighted by atomic mass is 32.2. The summed E-state index contributed by atoms with van der Waals surface area (Å²) in [5.74, 6) is 4.98. The topological polar surface area (TPSA) is 53.0 Å². The summed E-state index contributed by atoms with van der Waals surface area (Å²) in [6.07, 6.45) is 17.2. The maximum atomic E-state index is 13.2. The number of allylic oxidation sites excluding steroid dienone is 1. The van der Waals surface area contributed by atoms with E-state index in [1.807, 2.05) is 12.5 Å². The number of fused-ring (bicyclic) bond motifs is 5. The van der Waals surface area contributed by atoms with Gasteiger partial charge in [-0.15, -0.1) is 11.8 Å². The van der Waals surface area contributed by atoms with Crippen LogP contribution in [0.2, 0.25) is 0 Å². The Balaban J connectivity index is 1.45. The van der Waals surface area contributed by atoms with E-state index in [2.05, 4.69) is 26.1 Å².